The van der Waals surface area contributed by atoms with Crippen LogP contribution in [-0.2, 0) is 10.0 Å². The molecule has 1 atom stereocenters. The maximum absolute atomic E-state index is 11.7. The Hall–Kier alpha value is -1.11. The van der Waals surface area contributed by atoms with E-state index in [0.717, 1.165) is 37.9 Å². The largest absolute Gasteiger partial charge is 0.396 e. The van der Waals surface area contributed by atoms with E-state index in [-0.39, 0.29) is 11.5 Å². The second-order valence-corrected chi connectivity index (χ2v) is 6.94. The molecule has 5 nitrogen and oxygen atoms in total. The fraction of sp³-hybridized carbons (Fsp3) is 0.571. The SMILES string of the molecule is CNS(=O)(=O)c1ccc(N2CCCC2CCCO)cc1. The van der Waals surface area contributed by atoms with Gasteiger partial charge in [0.15, 0.2) is 0 Å². The highest BCUT2D eigenvalue weighted by molar-refractivity contribution is 7.89. The molecule has 2 N–H and O–H groups in total. The summed E-state index contributed by atoms with van der Waals surface area (Å²) in [6.45, 7) is 1.22. The summed E-state index contributed by atoms with van der Waals surface area (Å²) in [5, 5.41) is 8.94. The first kappa shape index (κ1) is 15.3. The van der Waals surface area contributed by atoms with Crippen LogP contribution in [0.5, 0.6) is 0 Å². The smallest absolute Gasteiger partial charge is 0.240 e. The molecule has 0 amide bonds. The van der Waals surface area contributed by atoms with Crippen LogP contribution in [0.15, 0.2) is 29.2 Å². The van der Waals surface area contributed by atoms with Crippen molar-refractivity contribution in [2.24, 2.45) is 0 Å². The predicted molar refractivity (Wildman–Crippen MR) is 79.4 cm³/mol. The lowest BCUT2D eigenvalue weighted by molar-refractivity contribution is 0.279. The number of rotatable bonds is 6. The lowest BCUT2D eigenvalue weighted by Gasteiger charge is -2.27. The number of aliphatic hydroxyl groups is 1. The Kier molecular flexibility index (Phi) is 5.01. The molecule has 0 radical (unpaired) electrons. The molecule has 0 saturated carbocycles. The molecule has 0 spiro atoms. The first-order chi connectivity index (χ1) is 9.58. The zero-order valence-corrected chi connectivity index (χ0v) is 12.6. The summed E-state index contributed by atoms with van der Waals surface area (Å²) < 4.78 is 25.7. The standard InChI is InChI=1S/C14H22N2O3S/c1-15-20(18,19)14-8-6-13(7-9-14)16-10-2-4-12(16)5-3-11-17/h6-9,12,15,17H,2-5,10-11H2,1H3. The molecule has 6 heteroatoms. The molecule has 1 unspecified atom stereocenters. The van der Waals surface area contributed by atoms with Crippen molar-refractivity contribution in [2.45, 2.75) is 36.6 Å². The minimum absolute atomic E-state index is 0.226. The van der Waals surface area contributed by atoms with Gasteiger partial charge in [-0.25, -0.2) is 13.1 Å². The van der Waals surface area contributed by atoms with Crippen LogP contribution in [0.25, 0.3) is 0 Å². The van der Waals surface area contributed by atoms with Crippen LogP contribution >= 0.6 is 0 Å². The minimum atomic E-state index is -3.37. The zero-order valence-electron chi connectivity index (χ0n) is 11.7. The Morgan fingerprint density at radius 3 is 2.65 bits per heavy atom. The van der Waals surface area contributed by atoms with Gasteiger partial charge in [-0.3, -0.25) is 0 Å². The number of anilines is 1. The number of sulfonamides is 1. The van der Waals surface area contributed by atoms with Gasteiger partial charge in [0.25, 0.3) is 0 Å². The van der Waals surface area contributed by atoms with Gasteiger partial charge in [0.1, 0.15) is 0 Å². The van der Waals surface area contributed by atoms with Gasteiger partial charge in [-0.2, -0.15) is 0 Å². The number of aliphatic hydroxyl groups excluding tert-OH is 1. The Balaban J connectivity index is 2.13. The topological polar surface area (TPSA) is 69.6 Å². The van der Waals surface area contributed by atoms with Gasteiger partial charge in [0.05, 0.1) is 4.90 Å². The van der Waals surface area contributed by atoms with Gasteiger partial charge < -0.3 is 10.0 Å². The molecule has 1 fully saturated rings. The highest BCUT2D eigenvalue weighted by Crippen LogP contribution is 2.28. The van der Waals surface area contributed by atoms with Gasteiger partial charge in [-0.15, -0.1) is 0 Å². The summed E-state index contributed by atoms with van der Waals surface area (Å²) in [4.78, 5) is 2.60. The van der Waals surface area contributed by atoms with Crippen LogP contribution in [0.4, 0.5) is 5.69 Å². The van der Waals surface area contributed by atoms with Crippen LogP contribution < -0.4 is 9.62 Å². The van der Waals surface area contributed by atoms with Crippen LogP contribution in [-0.4, -0.2) is 39.8 Å². The van der Waals surface area contributed by atoms with E-state index in [0.29, 0.717) is 6.04 Å². The van der Waals surface area contributed by atoms with Crippen molar-refractivity contribution in [3.05, 3.63) is 24.3 Å². The van der Waals surface area contributed by atoms with E-state index in [1.807, 2.05) is 12.1 Å². The van der Waals surface area contributed by atoms with Gasteiger partial charge in [-0.05, 0) is 57.0 Å². The molecule has 112 valence electrons. The van der Waals surface area contributed by atoms with Crippen molar-refractivity contribution in [1.29, 1.82) is 0 Å². The maximum Gasteiger partial charge on any atom is 0.240 e. The van der Waals surface area contributed by atoms with Crippen molar-refractivity contribution >= 4 is 15.7 Å². The third-order valence-electron chi connectivity index (χ3n) is 3.82. The lowest BCUT2D eigenvalue weighted by Crippen LogP contribution is -2.29. The van der Waals surface area contributed by atoms with Crippen LogP contribution in [0.2, 0.25) is 0 Å². The summed E-state index contributed by atoms with van der Waals surface area (Å²) in [5.74, 6) is 0. The quantitative estimate of drug-likeness (QED) is 0.831. The summed E-state index contributed by atoms with van der Waals surface area (Å²) in [7, 11) is -1.96. The molecule has 1 aliphatic heterocycles. The normalized spacial score (nSPS) is 19.5. The van der Waals surface area contributed by atoms with Crippen molar-refractivity contribution in [1.82, 2.24) is 4.72 Å². The average molecular weight is 298 g/mol. The van der Waals surface area contributed by atoms with Crippen molar-refractivity contribution in [3.63, 3.8) is 0 Å². The molecule has 1 saturated heterocycles. The molecule has 1 aromatic rings. The first-order valence-corrected chi connectivity index (χ1v) is 8.48. The summed E-state index contributed by atoms with van der Waals surface area (Å²) >= 11 is 0. The number of hydrogen-bond donors (Lipinski definition) is 2. The predicted octanol–water partition coefficient (Wildman–Crippen LogP) is 1.34. The summed E-state index contributed by atoms with van der Waals surface area (Å²) in [5.41, 5.74) is 1.06. The Bertz CT molecular complexity index is 528. The van der Waals surface area contributed by atoms with Crippen LogP contribution in [0.3, 0.4) is 0 Å². The van der Waals surface area contributed by atoms with Crippen LogP contribution in [0, 0.1) is 0 Å². The van der Waals surface area contributed by atoms with Crippen LogP contribution in [0.1, 0.15) is 25.7 Å². The van der Waals surface area contributed by atoms with Crippen molar-refractivity contribution in [2.75, 3.05) is 25.1 Å². The minimum Gasteiger partial charge on any atom is -0.396 e. The van der Waals surface area contributed by atoms with E-state index >= 15 is 0 Å². The van der Waals surface area contributed by atoms with E-state index in [4.69, 9.17) is 5.11 Å². The Morgan fingerprint density at radius 2 is 2.05 bits per heavy atom. The van der Waals surface area contributed by atoms with E-state index in [9.17, 15) is 8.42 Å². The number of nitrogens with zero attached hydrogens (tertiary/aromatic N) is 1. The molecule has 20 heavy (non-hydrogen) atoms. The monoisotopic (exact) mass is 298 g/mol. The molecule has 0 aromatic heterocycles. The summed E-state index contributed by atoms with van der Waals surface area (Å²) in [6.07, 6.45) is 4.07. The average Bonchev–Trinajstić information content (AvgIpc) is 2.93. The van der Waals surface area contributed by atoms with Crippen molar-refractivity contribution in [3.8, 4) is 0 Å². The number of benzene rings is 1. The Morgan fingerprint density at radius 1 is 1.35 bits per heavy atom. The first-order valence-electron chi connectivity index (χ1n) is 6.99. The molecule has 0 bridgehead atoms. The summed E-state index contributed by atoms with van der Waals surface area (Å²) in [6, 6.07) is 7.46. The van der Waals surface area contributed by atoms with E-state index in [1.165, 1.54) is 7.05 Å². The third-order valence-corrected chi connectivity index (χ3v) is 5.25. The lowest BCUT2D eigenvalue weighted by atomic mass is 10.1. The Labute approximate surface area is 120 Å². The molecule has 1 heterocycles. The fourth-order valence-electron chi connectivity index (χ4n) is 2.74. The number of nitrogens with one attached hydrogen (secondary N) is 1. The van der Waals surface area contributed by atoms with Crippen molar-refractivity contribution < 1.29 is 13.5 Å². The van der Waals surface area contributed by atoms with Gasteiger partial charge in [-0.1, -0.05) is 0 Å². The second-order valence-electron chi connectivity index (χ2n) is 5.06. The fourth-order valence-corrected chi connectivity index (χ4v) is 3.47. The highest BCUT2D eigenvalue weighted by Gasteiger charge is 2.24. The van der Waals surface area contributed by atoms with Gasteiger partial charge >= 0.3 is 0 Å². The molecular formula is C14H22N2O3S. The second kappa shape index (κ2) is 6.56. The molecular weight excluding hydrogens is 276 g/mol. The number of hydrogen-bond acceptors (Lipinski definition) is 4. The van der Waals surface area contributed by atoms with E-state index in [2.05, 4.69) is 9.62 Å². The van der Waals surface area contributed by atoms with E-state index < -0.39 is 10.0 Å². The molecule has 1 aliphatic rings. The van der Waals surface area contributed by atoms with Gasteiger partial charge in [0.2, 0.25) is 10.0 Å². The molecule has 2 rings (SSSR count). The highest BCUT2D eigenvalue weighted by atomic mass is 32.2. The van der Waals surface area contributed by atoms with E-state index in [1.54, 1.807) is 12.1 Å². The molecule has 0 aliphatic carbocycles. The van der Waals surface area contributed by atoms with Gasteiger partial charge in [0, 0.05) is 24.9 Å². The molecule has 1 aromatic carbocycles. The third kappa shape index (κ3) is 3.31. The maximum atomic E-state index is 11.7. The zero-order chi connectivity index (χ0) is 14.6.